The Kier molecular flexibility index (Phi) is 5.22. The predicted octanol–water partition coefficient (Wildman–Crippen LogP) is 4.03. The van der Waals surface area contributed by atoms with Crippen LogP contribution in [0.4, 0.5) is 11.5 Å². The minimum atomic E-state index is -0.649. The molecule has 0 aliphatic rings. The van der Waals surface area contributed by atoms with Gasteiger partial charge in [-0.05, 0) is 19.1 Å². The van der Waals surface area contributed by atoms with Crippen LogP contribution in [0.15, 0.2) is 45.4 Å². The van der Waals surface area contributed by atoms with E-state index >= 15 is 0 Å². The lowest BCUT2D eigenvalue weighted by atomic mass is 9.90. The van der Waals surface area contributed by atoms with Crippen molar-refractivity contribution in [2.45, 2.75) is 33.1 Å². The number of aromatic hydroxyl groups is 1. The molecule has 0 unspecified atom stereocenters. The summed E-state index contributed by atoms with van der Waals surface area (Å²) in [5.41, 5.74) is 0.148. The van der Waals surface area contributed by atoms with Crippen molar-refractivity contribution in [3.63, 3.8) is 0 Å². The molecule has 0 spiro atoms. The normalized spacial score (nSPS) is 11.4. The fraction of sp³-hybridized carbons (Fsp3) is 0.238. The highest BCUT2D eigenvalue weighted by Crippen LogP contribution is 2.31. The highest BCUT2D eigenvalue weighted by atomic mass is 16.3. The van der Waals surface area contributed by atoms with Gasteiger partial charge in [0.1, 0.15) is 23.3 Å². The third kappa shape index (κ3) is 3.45. The van der Waals surface area contributed by atoms with E-state index < -0.39 is 11.4 Å². The van der Waals surface area contributed by atoms with E-state index in [0.717, 1.165) is 4.57 Å². The Bertz CT molecular complexity index is 1280. The van der Waals surface area contributed by atoms with E-state index in [-0.39, 0.29) is 33.6 Å². The number of hydrogen-bond donors (Lipinski definition) is 2. The Morgan fingerprint density at radius 1 is 1.10 bits per heavy atom. The van der Waals surface area contributed by atoms with Gasteiger partial charge in [0, 0.05) is 11.0 Å². The zero-order chi connectivity index (χ0) is 22.1. The monoisotopic (exact) mass is 401 g/mol. The van der Waals surface area contributed by atoms with Gasteiger partial charge in [-0.3, -0.25) is 9.89 Å². The van der Waals surface area contributed by atoms with Crippen LogP contribution in [0.3, 0.4) is 0 Å². The van der Waals surface area contributed by atoms with Crippen LogP contribution in [0.25, 0.3) is 5.69 Å². The second-order valence-corrected chi connectivity index (χ2v) is 7.62. The number of H-pyrrole nitrogens is 1. The Labute approximate surface area is 172 Å². The minimum absolute atomic E-state index is 0.0408. The van der Waals surface area contributed by atoms with Crippen molar-refractivity contribution in [2.24, 2.45) is 10.2 Å². The number of hydrogen-bond acceptors (Lipinski definition) is 7. The first-order valence-electron chi connectivity index (χ1n) is 9.05. The van der Waals surface area contributed by atoms with Crippen molar-refractivity contribution in [3.05, 3.63) is 63.1 Å². The summed E-state index contributed by atoms with van der Waals surface area (Å²) in [4.78, 5) is 13.1. The second kappa shape index (κ2) is 7.64. The number of nitrogens with zero attached hydrogens (tertiary/aromatic N) is 6. The molecular weight excluding hydrogens is 382 g/mol. The zero-order valence-electron chi connectivity index (χ0n) is 16.9. The van der Waals surface area contributed by atoms with Gasteiger partial charge in [0.05, 0.1) is 11.4 Å². The molecule has 0 aliphatic heterocycles. The zero-order valence-corrected chi connectivity index (χ0v) is 16.9. The van der Waals surface area contributed by atoms with Crippen molar-refractivity contribution in [1.29, 1.82) is 10.5 Å². The average molecular weight is 401 g/mol. The van der Waals surface area contributed by atoms with Crippen LogP contribution in [0, 0.1) is 29.6 Å². The molecule has 0 aliphatic carbocycles. The van der Waals surface area contributed by atoms with Gasteiger partial charge in [-0.1, -0.05) is 39.0 Å². The first-order chi connectivity index (χ1) is 14.2. The van der Waals surface area contributed by atoms with Gasteiger partial charge in [-0.15, -0.1) is 10.2 Å². The van der Waals surface area contributed by atoms with Gasteiger partial charge in [0.15, 0.2) is 5.69 Å². The number of benzene rings is 1. The minimum Gasteiger partial charge on any atom is -0.493 e. The molecule has 3 rings (SSSR count). The second-order valence-electron chi connectivity index (χ2n) is 7.62. The van der Waals surface area contributed by atoms with Gasteiger partial charge >= 0.3 is 0 Å². The number of pyridine rings is 1. The Balaban J connectivity index is 2.22. The van der Waals surface area contributed by atoms with E-state index in [1.807, 2.05) is 26.8 Å². The number of rotatable bonds is 3. The highest BCUT2D eigenvalue weighted by Gasteiger charge is 2.24. The number of aromatic nitrogens is 3. The number of nitrogens with one attached hydrogen (secondary N) is 1. The van der Waals surface area contributed by atoms with Gasteiger partial charge in [0.2, 0.25) is 11.7 Å². The molecule has 3 aromatic rings. The van der Waals surface area contributed by atoms with Crippen molar-refractivity contribution in [2.75, 3.05) is 0 Å². The summed E-state index contributed by atoms with van der Waals surface area (Å²) >= 11 is 0. The molecule has 0 radical (unpaired) electrons. The fourth-order valence-electron chi connectivity index (χ4n) is 2.98. The van der Waals surface area contributed by atoms with E-state index in [4.69, 9.17) is 0 Å². The number of para-hydroxylation sites is 1. The lowest BCUT2D eigenvalue weighted by molar-refractivity contribution is 0.433. The van der Waals surface area contributed by atoms with E-state index in [1.165, 1.54) is 6.92 Å². The van der Waals surface area contributed by atoms with Gasteiger partial charge < -0.3 is 5.11 Å². The molecule has 0 fully saturated rings. The summed E-state index contributed by atoms with van der Waals surface area (Å²) in [7, 11) is 0. The molecule has 2 heterocycles. The van der Waals surface area contributed by atoms with E-state index in [0.29, 0.717) is 11.4 Å². The maximum absolute atomic E-state index is 13.1. The average Bonchev–Trinajstić information content (AvgIpc) is 3.12. The maximum atomic E-state index is 13.1. The van der Waals surface area contributed by atoms with Crippen molar-refractivity contribution in [3.8, 4) is 23.7 Å². The molecule has 0 saturated heterocycles. The van der Waals surface area contributed by atoms with Crippen LogP contribution in [0.5, 0.6) is 5.88 Å². The Morgan fingerprint density at radius 3 is 2.30 bits per heavy atom. The SMILES string of the molecule is Cc1c(C#N)c(O)n(-c2ccccc2)c(=O)c1N=Nc1n[nH]c(C(C)(C)C)c1C#N. The largest absolute Gasteiger partial charge is 0.493 e. The maximum Gasteiger partial charge on any atom is 0.286 e. The molecule has 0 atom stereocenters. The summed E-state index contributed by atoms with van der Waals surface area (Å²) < 4.78 is 0.996. The lowest BCUT2D eigenvalue weighted by Crippen LogP contribution is -2.20. The lowest BCUT2D eigenvalue weighted by Gasteiger charge is -2.15. The van der Waals surface area contributed by atoms with E-state index in [2.05, 4.69) is 26.5 Å². The molecule has 2 aromatic heterocycles. The number of aromatic amines is 1. The predicted molar refractivity (Wildman–Crippen MR) is 109 cm³/mol. The molecule has 0 amide bonds. The summed E-state index contributed by atoms with van der Waals surface area (Å²) in [5, 5.41) is 44.3. The van der Waals surface area contributed by atoms with Gasteiger partial charge in [-0.2, -0.15) is 15.6 Å². The van der Waals surface area contributed by atoms with Crippen molar-refractivity contribution < 1.29 is 5.11 Å². The van der Waals surface area contributed by atoms with Crippen LogP contribution in [-0.4, -0.2) is 19.9 Å². The van der Waals surface area contributed by atoms with Gasteiger partial charge in [-0.25, -0.2) is 4.57 Å². The summed E-state index contributed by atoms with van der Waals surface area (Å²) in [6, 6.07) is 12.4. The fourth-order valence-corrected chi connectivity index (χ4v) is 2.98. The topological polar surface area (TPSA) is 143 Å². The van der Waals surface area contributed by atoms with Crippen LogP contribution < -0.4 is 5.56 Å². The molecule has 150 valence electrons. The van der Waals surface area contributed by atoms with Crippen LogP contribution in [0.2, 0.25) is 0 Å². The van der Waals surface area contributed by atoms with Crippen LogP contribution in [0.1, 0.15) is 43.2 Å². The first kappa shape index (κ1) is 20.5. The standard InChI is InChI=1S/C21H19N7O2/c1-12-14(10-22)19(29)28(13-8-6-5-7-9-13)20(30)16(12)24-26-18-15(11-23)17(25-27-18)21(2,3)4/h5-9,29H,1-4H3,(H,25,27). The number of nitriles is 2. The smallest absolute Gasteiger partial charge is 0.286 e. The van der Waals surface area contributed by atoms with Crippen molar-refractivity contribution in [1.82, 2.24) is 14.8 Å². The molecule has 9 heteroatoms. The molecule has 30 heavy (non-hydrogen) atoms. The Hall–Kier alpha value is -4.24. The molecule has 0 saturated carbocycles. The molecule has 2 N–H and O–H groups in total. The number of azo groups is 1. The molecule has 0 bridgehead atoms. The van der Waals surface area contributed by atoms with Crippen LogP contribution in [-0.2, 0) is 5.41 Å². The summed E-state index contributed by atoms with van der Waals surface area (Å²) in [6.07, 6.45) is 0. The third-order valence-electron chi connectivity index (χ3n) is 4.55. The molecular formula is C21H19N7O2. The third-order valence-corrected chi connectivity index (χ3v) is 4.55. The quantitative estimate of drug-likeness (QED) is 0.637. The Morgan fingerprint density at radius 2 is 1.73 bits per heavy atom. The van der Waals surface area contributed by atoms with E-state index in [1.54, 1.807) is 30.3 Å². The molecule has 9 nitrogen and oxygen atoms in total. The van der Waals surface area contributed by atoms with Gasteiger partial charge in [0.25, 0.3) is 5.56 Å². The van der Waals surface area contributed by atoms with Crippen molar-refractivity contribution >= 4 is 11.5 Å². The highest BCUT2D eigenvalue weighted by molar-refractivity contribution is 5.59. The molecule has 1 aromatic carbocycles. The summed E-state index contributed by atoms with van der Waals surface area (Å²) in [6.45, 7) is 7.26. The summed E-state index contributed by atoms with van der Waals surface area (Å²) in [5.74, 6) is -0.434. The first-order valence-corrected chi connectivity index (χ1v) is 9.05. The van der Waals surface area contributed by atoms with Crippen LogP contribution >= 0.6 is 0 Å². The van der Waals surface area contributed by atoms with E-state index in [9.17, 15) is 20.4 Å².